The highest BCUT2D eigenvalue weighted by atomic mass is 19.1. The maximum atomic E-state index is 14.2. The Bertz CT molecular complexity index is 458. The molecule has 1 aliphatic carbocycles. The largest absolute Gasteiger partial charge is 0.368 e. The van der Waals surface area contributed by atoms with E-state index < -0.39 is 5.82 Å². The summed E-state index contributed by atoms with van der Waals surface area (Å²) in [5.41, 5.74) is 0.0733. The Balaban J connectivity index is 2.04. The Morgan fingerprint density at radius 3 is 2.85 bits per heavy atom. The molecule has 5 heteroatoms. The van der Waals surface area contributed by atoms with E-state index in [1.807, 2.05) is 6.92 Å². The summed E-state index contributed by atoms with van der Waals surface area (Å²) in [6.45, 7) is 2.63. The van der Waals surface area contributed by atoms with Gasteiger partial charge in [0.25, 0.3) is 5.91 Å². The van der Waals surface area contributed by atoms with E-state index in [-0.39, 0.29) is 23.3 Å². The number of anilines is 1. The van der Waals surface area contributed by atoms with E-state index in [1.54, 1.807) is 0 Å². The molecule has 2 rings (SSSR count). The van der Waals surface area contributed by atoms with Crippen LogP contribution in [-0.2, 0) is 0 Å². The molecule has 110 valence electrons. The van der Waals surface area contributed by atoms with Gasteiger partial charge in [0, 0.05) is 18.8 Å². The maximum Gasteiger partial charge on any atom is 0.254 e. The third kappa shape index (κ3) is 3.68. The van der Waals surface area contributed by atoms with Gasteiger partial charge in [0.1, 0.15) is 0 Å². The number of aromatic nitrogens is 1. The molecule has 1 heterocycles. The molecule has 0 unspecified atom stereocenters. The van der Waals surface area contributed by atoms with E-state index in [9.17, 15) is 9.18 Å². The molecule has 0 atom stereocenters. The number of amides is 1. The van der Waals surface area contributed by atoms with Crippen molar-refractivity contribution in [2.75, 3.05) is 11.9 Å². The fourth-order valence-corrected chi connectivity index (χ4v) is 2.50. The molecular formula is C15H22FN3O. The first-order chi connectivity index (χ1) is 9.72. The van der Waals surface area contributed by atoms with Gasteiger partial charge >= 0.3 is 0 Å². The van der Waals surface area contributed by atoms with Gasteiger partial charge in [-0.25, -0.2) is 9.37 Å². The van der Waals surface area contributed by atoms with E-state index in [2.05, 4.69) is 15.6 Å². The zero-order chi connectivity index (χ0) is 14.4. The second-order valence-electron chi connectivity index (χ2n) is 5.26. The van der Waals surface area contributed by atoms with Crippen LogP contribution in [0.4, 0.5) is 10.2 Å². The Morgan fingerprint density at radius 2 is 2.15 bits per heavy atom. The standard InChI is InChI=1S/C15H22FN3O/c1-2-9-17-14-13(16)12(8-10-18-14)15(20)19-11-6-4-3-5-7-11/h8,10-11H,2-7,9H2,1H3,(H,17,18)(H,19,20). The molecule has 0 saturated heterocycles. The van der Waals surface area contributed by atoms with Crippen molar-refractivity contribution in [3.8, 4) is 0 Å². The summed E-state index contributed by atoms with van der Waals surface area (Å²) in [7, 11) is 0. The number of carbonyl (C=O) groups is 1. The maximum absolute atomic E-state index is 14.2. The van der Waals surface area contributed by atoms with Crippen molar-refractivity contribution < 1.29 is 9.18 Å². The molecule has 0 bridgehead atoms. The van der Waals surface area contributed by atoms with Crippen LogP contribution < -0.4 is 10.6 Å². The van der Waals surface area contributed by atoms with Crippen LogP contribution in [0.2, 0.25) is 0 Å². The molecule has 0 spiro atoms. The highest BCUT2D eigenvalue weighted by Gasteiger charge is 2.20. The first-order valence-electron chi connectivity index (χ1n) is 7.41. The number of rotatable bonds is 5. The van der Waals surface area contributed by atoms with Crippen molar-refractivity contribution in [2.24, 2.45) is 0 Å². The molecule has 4 nitrogen and oxygen atoms in total. The molecule has 1 amide bonds. The van der Waals surface area contributed by atoms with E-state index in [0.29, 0.717) is 6.54 Å². The third-order valence-corrected chi connectivity index (χ3v) is 3.62. The van der Waals surface area contributed by atoms with Gasteiger partial charge in [0.05, 0.1) is 5.56 Å². The first kappa shape index (κ1) is 14.8. The van der Waals surface area contributed by atoms with Gasteiger partial charge in [-0.05, 0) is 25.3 Å². The van der Waals surface area contributed by atoms with E-state index in [1.165, 1.54) is 18.7 Å². The molecule has 20 heavy (non-hydrogen) atoms. The van der Waals surface area contributed by atoms with Crippen molar-refractivity contribution in [3.63, 3.8) is 0 Å². The molecule has 1 fully saturated rings. The third-order valence-electron chi connectivity index (χ3n) is 3.62. The Labute approximate surface area is 119 Å². The lowest BCUT2D eigenvalue weighted by molar-refractivity contribution is 0.0923. The number of hydrogen-bond donors (Lipinski definition) is 2. The lowest BCUT2D eigenvalue weighted by atomic mass is 9.95. The Hall–Kier alpha value is -1.65. The zero-order valence-electron chi connectivity index (χ0n) is 11.9. The van der Waals surface area contributed by atoms with Crippen LogP contribution >= 0.6 is 0 Å². The number of pyridine rings is 1. The number of hydrogen-bond acceptors (Lipinski definition) is 3. The first-order valence-corrected chi connectivity index (χ1v) is 7.41. The van der Waals surface area contributed by atoms with Gasteiger partial charge in [-0.1, -0.05) is 26.2 Å². The molecule has 1 aromatic heterocycles. The van der Waals surface area contributed by atoms with Gasteiger partial charge in [0.2, 0.25) is 0 Å². The topological polar surface area (TPSA) is 54.0 Å². The van der Waals surface area contributed by atoms with E-state index in [4.69, 9.17) is 0 Å². The highest BCUT2D eigenvalue weighted by molar-refractivity contribution is 5.95. The minimum atomic E-state index is -0.561. The van der Waals surface area contributed by atoms with Crippen LogP contribution in [0.5, 0.6) is 0 Å². The predicted molar refractivity (Wildman–Crippen MR) is 77.3 cm³/mol. The van der Waals surface area contributed by atoms with Crippen molar-refractivity contribution in [3.05, 3.63) is 23.6 Å². The quantitative estimate of drug-likeness (QED) is 0.870. The molecular weight excluding hydrogens is 257 g/mol. The Morgan fingerprint density at radius 1 is 1.40 bits per heavy atom. The van der Waals surface area contributed by atoms with Crippen LogP contribution in [0.25, 0.3) is 0 Å². The van der Waals surface area contributed by atoms with Crippen molar-refractivity contribution in [1.82, 2.24) is 10.3 Å². The summed E-state index contributed by atoms with van der Waals surface area (Å²) in [5.74, 6) is -0.742. The fraction of sp³-hybridized carbons (Fsp3) is 0.600. The summed E-state index contributed by atoms with van der Waals surface area (Å²) in [6, 6.07) is 1.61. The predicted octanol–water partition coefficient (Wildman–Crippen LogP) is 3.11. The van der Waals surface area contributed by atoms with Gasteiger partial charge in [0.15, 0.2) is 11.6 Å². The zero-order valence-corrected chi connectivity index (χ0v) is 11.9. The van der Waals surface area contributed by atoms with Gasteiger partial charge in [-0.3, -0.25) is 4.79 Å². The van der Waals surface area contributed by atoms with Gasteiger partial charge in [-0.2, -0.15) is 0 Å². The minimum Gasteiger partial charge on any atom is -0.368 e. The number of nitrogens with one attached hydrogen (secondary N) is 2. The second-order valence-corrected chi connectivity index (χ2v) is 5.26. The van der Waals surface area contributed by atoms with Gasteiger partial charge < -0.3 is 10.6 Å². The molecule has 1 saturated carbocycles. The number of halogens is 1. The molecule has 0 radical (unpaired) electrons. The molecule has 1 aliphatic rings. The fourth-order valence-electron chi connectivity index (χ4n) is 2.50. The normalized spacial score (nSPS) is 15.9. The summed E-state index contributed by atoms with van der Waals surface area (Å²) >= 11 is 0. The molecule has 2 N–H and O–H groups in total. The van der Waals surface area contributed by atoms with Crippen molar-refractivity contribution in [1.29, 1.82) is 0 Å². The summed E-state index contributed by atoms with van der Waals surface area (Å²) < 4.78 is 14.2. The summed E-state index contributed by atoms with van der Waals surface area (Å²) in [5, 5.41) is 5.82. The number of carbonyl (C=O) groups excluding carboxylic acids is 1. The molecule has 1 aromatic rings. The van der Waals surface area contributed by atoms with Crippen LogP contribution in [0.15, 0.2) is 12.3 Å². The van der Waals surface area contributed by atoms with Crippen molar-refractivity contribution >= 4 is 11.7 Å². The second kappa shape index (κ2) is 7.22. The smallest absolute Gasteiger partial charge is 0.254 e. The van der Waals surface area contributed by atoms with Crippen LogP contribution in [0.3, 0.4) is 0 Å². The molecule has 0 aromatic carbocycles. The SMILES string of the molecule is CCCNc1nccc(C(=O)NC2CCCCC2)c1F. The van der Waals surface area contributed by atoms with Gasteiger partial charge in [-0.15, -0.1) is 0 Å². The van der Waals surface area contributed by atoms with E-state index >= 15 is 0 Å². The van der Waals surface area contributed by atoms with Crippen LogP contribution in [0, 0.1) is 5.82 Å². The summed E-state index contributed by atoms with van der Waals surface area (Å²) in [4.78, 5) is 16.1. The number of nitrogens with zero attached hydrogens (tertiary/aromatic N) is 1. The van der Waals surface area contributed by atoms with Crippen LogP contribution in [-0.4, -0.2) is 23.5 Å². The van der Waals surface area contributed by atoms with Crippen LogP contribution in [0.1, 0.15) is 55.8 Å². The van der Waals surface area contributed by atoms with E-state index in [0.717, 1.165) is 32.1 Å². The minimum absolute atomic E-state index is 0.0733. The average Bonchev–Trinajstić information content (AvgIpc) is 2.47. The van der Waals surface area contributed by atoms with Crippen molar-refractivity contribution in [2.45, 2.75) is 51.5 Å². The average molecular weight is 279 g/mol. The lowest BCUT2D eigenvalue weighted by Crippen LogP contribution is -2.36. The Kier molecular flexibility index (Phi) is 5.32. The highest BCUT2D eigenvalue weighted by Crippen LogP contribution is 2.19. The summed E-state index contributed by atoms with van der Waals surface area (Å²) in [6.07, 6.45) is 7.80. The lowest BCUT2D eigenvalue weighted by Gasteiger charge is -2.23. The monoisotopic (exact) mass is 279 g/mol. The molecule has 0 aliphatic heterocycles.